The number of amides is 1. The number of fused-ring (bicyclic) bond motifs is 1. The molecule has 4 rings (SSSR count). The van der Waals surface area contributed by atoms with Gasteiger partial charge in [-0.2, -0.15) is 18.3 Å². The smallest absolute Gasteiger partial charge is 0.382 e. The van der Waals surface area contributed by atoms with Crippen LogP contribution >= 0.6 is 0 Å². The van der Waals surface area contributed by atoms with E-state index in [2.05, 4.69) is 25.4 Å². The number of pyridine rings is 1. The predicted octanol–water partition coefficient (Wildman–Crippen LogP) is 3.14. The van der Waals surface area contributed by atoms with Crippen LogP contribution in [0.5, 0.6) is 0 Å². The van der Waals surface area contributed by atoms with Crippen molar-refractivity contribution in [2.45, 2.75) is 45.5 Å². The van der Waals surface area contributed by atoms with Crippen LogP contribution in [-0.4, -0.2) is 51.9 Å². The predicted molar refractivity (Wildman–Crippen MR) is 122 cm³/mol. The third kappa shape index (κ3) is 4.67. The molecule has 13 heteroatoms. The Bertz CT molecular complexity index is 1410. The molecule has 35 heavy (non-hydrogen) atoms. The van der Waals surface area contributed by atoms with E-state index < -0.39 is 24.1 Å². The number of carbonyl (C=O) groups is 1. The molecule has 1 atom stereocenters. The van der Waals surface area contributed by atoms with Gasteiger partial charge in [-0.1, -0.05) is 0 Å². The Morgan fingerprint density at radius 1 is 1.20 bits per heavy atom. The lowest BCUT2D eigenvalue weighted by atomic mass is 10.0. The number of rotatable bonds is 6. The van der Waals surface area contributed by atoms with Gasteiger partial charge in [-0.25, -0.2) is 14.5 Å². The van der Waals surface area contributed by atoms with Crippen LogP contribution in [0.3, 0.4) is 0 Å². The van der Waals surface area contributed by atoms with Gasteiger partial charge in [-0.3, -0.25) is 9.78 Å². The van der Waals surface area contributed by atoms with Gasteiger partial charge >= 0.3 is 6.18 Å². The van der Waals surface area contributed by atoms with Gasteiger partial charge in [0, 0.05) is 30.9 Å². The summed E-state index contributed by atoms with van der Waals surface area (Å²) in [6, 6.07) is 3.53. The number of imidazole rings is 1. The Balaban J connectivity index is 1.54. The van der Waals surface area contributed by atoms with Crippen LogP contribution < -0.4 is 11.1 Å². The first kappa shape index (κ1) is 24.1. The van der Waals surface area contributed by atoms with Gasteiger partial charge in [0.2, 0.25) is 0 Å². The van der Waals surface area contributed by atoms with Gasteiger partial charge in [-0.15, -0.1) is 0 Å². The van der Waals surface area contributed by atoms with Crippen LogP contribution in [0, 0.1) is 13.8 Å². The van der Waals surface area contributed by atoms with E-state index in [1.807, 2.05) is 13.0 Å². The molecule has 4 N–H and O–H groups in total. The van der Waals surface area contributed by atoms with Crippen LogP contribution in [0.1, 0.15) is 35.0 Å². The van der Waals surface area contributed by atoms with Gasteiger partial charge in [0.15, 0.2) is 17.2 Å². The van der Waals surface area contributed by atoms with E-state index in [0.717, 1.165) is 5.56 Å². The summed E-state index contributed by atoms with van der Waals surface area (Å²) in [5, 5.41) is 16.5. The largest absolute Gasteiger partial charge is 0.416 e. The average molecular weight is 488 g/mol. The van der Waals surface area contributed by atoms with Gasteiger partial charge in [0.05, 0.1) is 23.3 Å². The van der Waals surface area contributed by atoms with Gasteiger partial charge in [-0.05, 0) is 38.5 Å². The number of carbonyl (C=O) groups excluding carboxylic acids is 1. The molecule has 0 aromatic carbocycles. The van der Waals surface area contributed by atoms with Crippen LogP contribution in [0.25, 0.3) is 16.8 Å². The van der Waals surface area contributed by atoms with Crippen molar-refractivity contribution >= 4 is 23.1 Å². The molecule has 0 radical (unpaired) electrons. The molecule has 4 heterocycles. The summed E-state index contributed by atoms with van der Waals surface area (Å²) in [4.78, 5) is 25.3. The molecule has 0 saturated carbocycles. The van der Waals surface area contributed by atoms with Crippen molar-refractivity contribution in [2.24, 2.45) is 0 Å². The van der Waals surface area contributed by atoms with Gasteiger partial charge in [0.25, 0.3) is 5.91 Å². The Labute approximate surface area is 197 Å². The summed E-state index contributed by atoms with van der Waals surface area (Å²) in [6.07, 6.45) is 0.313. The maximum absolute atomic E-state index is 13.0. The van der Waals surface area contributed by atoms with E-state index in [1.54, 1.807) is 23.7 Å². The summed E-state index contributed by atoms with van der Waals surface area (Å²) in [5.74, 6) is -0.0128. The standard InChI is InChI=1S/C22H23F3N8O2/c1-12-6-16(33-18(12)19(26)28-10-30-33)14-7-15(13(2)27-8-14)20(34)31-17-9-32(11-29-17)5-4-21(3,35)22(23,24)25/h6-11,35H,4-5H2,1-3H3,(H,31,34)(H2,26,28,30). The monoisotopic (exact) mass is 488 g/mol. The number of anilines is 2. The second-order valence-corrected chi connectivity index (χ2v) is 8.45. The third-order valence-electron chi connectivity index (χ3n) is 5.74. The first-order chi connectivity index (χ1) is 16.4. The lowest BCUT2D eigenvalue weighted by Crippen LogP contribution is -2.42. The molecule has 0 aliphatic rings. The quantitative estimate of drug-likeness (QED) is 0.379. The molecule has 184 valence electrons. The maximum atomic E-state index is 13.0. The number of nitrogens with two attached hydrogens (primary N) is 1. The average Bonchev–Trinajstić information content (AvgIpc) is 3.36. The van der Waals surface area contributed by atoms with Crippen molar-refractivity contribution < 1.29 is 23.1 Å². The van der Waals surface area contributed by atoms with Crippen molar-refractivity contribution in [3.63, 3.8) is 0 Å². The number of nitrogen functional groups attached to an aromatic ring is 1. The lowest BCUT2D eigenvalue weighted by molar-refractivity contribution is -0.255. The lowest BCUT2D eigenvalue weighted by Gasteiger charge is -2.26. The minimum Gasteiger partial charge on any atom is -0.382 e. The molecule has 0 aliphatic heterocycles. The minimum absolute atomic E-state index is 0.142. The van der Waals surface area contributed by atoms with E-state index >= 15 is 0 Å². The highest BCUT2D eigenvalue weighted by Crippen LogP contribution is 2.33. The van der Waals surface area contributed by atoms with Crippen LogP contribution in [0.2, 0.25) is 0 Å². The summed E-state index contributed by atoms with van der Waals surface area (Å²) >= 11 is 0. The van der Waals surface area contributed by atoms with E-state index in [0.29, 0.717) is 35.2 Å². The van der Waals surface area contributed by atoms with E-state index in [4.69, 9.17) is 5.73 Å². The molecular formula is C22H23F3N8O2. The first-order valence-electron chi connectivity index (χ1n) is 10.6. The number of nitrogens with one attached hydrogen (secondary N) is 1. The zero-order valence-electron chi connectivity index (χ0n) is 19.1. The van der Waals surface area contributed by atoms with Gasteiger partial charge in [0.1, 0.15) is 11.8 Å². The molecule has 0 spiro atoms. The van der Waals surface area contributed by atoms with Crippen molar-refractivity contribution in [3.8, 4) is 11.3 Å². The topological polar surface area (TPSA) is 136 Å². The van der Waals surface area contributed by atoms with Crippen molar-refractivity contribution in [2.75, 3.05) is 11.1 Å². The number of nitrogens with zero attached hydrogens (tertiary/aromatic N) is 6. The Hall–Kier alpha value is -4.00. The van der Waals surface area contributed by atoms with E-state index in [9.17, 15) is 23.1 Å². The third-order valence-corrected chi connectivity index (χ3v) is 5.74. The molecule has 1 amide bonds. The zero-order valence-corrected chi connectivity index (χ0v) is 19.1. The normalized spacial score (nSPS) is 13.7. The highest BCUT2D eigenvalue weighted by molar-refractivity contribution is 6.05. The highest BCUT2D eigenvalue weighted by atomic mass is 19.4. The fourth-order valence-corrected chi connectivity index (χ4v) is 3.58. The number of alkyl halides is 3. The zero-order chi connectivity index (χ0) is 25.5. The number of hydrogen-bond acceptors (Lipinski definition) is 7. The van der Waals surface area contributed by atoms with Crippen LogP contribution in [-0.2, 0) is 6.54 Å². The van der Waals surface area contributed by atoms with E-state index in [-0.39, 0.29) is 17.9 Å². The molecule has 0 saturated heterocycles. The number of aromatic nitrogens is 6. The fourth-order valence-electron chi connectivity index (χ4n) is 3.58. The second kappa shape index (κ2) is 8.65. The molecule has 1 unspecified atom stereocenters. The second-order valence-electron chi connectivity index (χ2n) is 8.45. The molecule has 0 fully saturated rings. The molecule has 4 aromatic rings. The summed E-state index contributed by atoms with van der Waals surface area (Å²) in [6.45, 7) is 4.12. The van der Waals surface area contributed by atoms with Gasteiger partial charge < -0.3 is 20.7 Å². The number of hydrogen-bond donors (Lipinski definition) is 3. The molecule has 10 nitrogen and oxygen atoms in total. The van der Waals surface area contributed by atoms with Crippen molar-refractivity contribution in [3.05, 3.63) is 54.0 Å². The fraction of sp³-hybridized carbons (Fsp3) is 0.318. The maximum Gasteiger partial charge on any atom is 0.416 e. The molecular weight excluding hydrogens is 465 g/mol. The Morgan fingerprint density at radius 2 is 1.94 bits per heavy atom. The Morgan fingerprint density at radius 3 is 2.66 bits per heavy atom. The summed E-state index contributed by atoms with van der Waals surface area (Å²) < 4.78 is 41.5. The number of aryl methyl sites for hydroxylation is 3. The summed E-state index contributed by atoms with van der Waals surface area (Å²) in [5.41, 5.74) is 6.72. The van der Waals surface area contributed by atoms with Crippen LogP contribution in [0.15, 0.2) is 37.2 Å². The minimum atomic E-state index is -4.75. The number of aliphatic hydroxyl groups is 1. The molecule has 0 aliphatic carbocycles. The first-order valence-corrected chi connectivity index (χ1v) is 10.6. The summed E-state index contributed by atoms with van der Waals surface area (Å²) in [7, 11) is 0. The Kier molecular flexibility index (Phi) is 5.97. The highest BCUT2D eigenvalue weighted by Gasteiger charge is 2.49. The number of halogens is 3. The van der Waals surface area contributed by atoms with Crippen molar-refractivity contribution in [1.29, 1.82) is 0 Å². The SMILES string of the molecule is Cc1ncc(-c2cc(C)c3c(N)ncnn23)cc1C(=O)Nc1cn(CCC(C)(O)C(F)(F)F)cn1. The molecule has 0 bridgehead atoms. The van der Waals surface area contributed by atoms with Crippen molar-refractivity contribution in [1.82, 2.24) is 29.1 Å². The van der Waals surface area contributed by atoms with E-state index in [1.165, 1.54) is 23.4 Å². The van der Waals surface area contributed by atoms with Crippen LogP contribution in [0.4, 0.5) is 24.8 Å². The molecule has 4 aromatic heterocycles.